The summed E-state index contributed by atoms with van der Waals surface area (Å²) in [6.07, 6.45) is 0. The lowest BCUT2D eigenvalue weighted by atomic mass is 10.4. The highest BCUT2D eigenvalue weighted by molar-refractivity contribution is 7.91. The third-order valence-corrected chi connectivity index (χ3v) is 6.33. The van der Waals surface area contributed by atoms with Gasteiger partial charge >= 0.3 is 0 Å². The van der Waals surface area contributed by atoms with Gasteiger partial charge in [0.25, 0.3) is 0 Å². The first-order chi connectivity index (χ1) is 10.4. The van der Waals surface area contributed by atoms with Crippen LogP contribution in [0.2, 0.25) is 0 Å². The lowest BCUT2D eigenvalue weighted by molar-refractivity contribution is 0.461. The SMILES string of the molecule is O=S(=O)([O-])c1ccc(S(=O)(=O)c2ccc(S(=O)(=O)[O-])cc2)cc1. The molecule has 0 aliphatic heterocycles. The predicted octanol–water partition coefficient (Wildman–Crippen LogP) is 0.328. The van der Waals surface area contributed by atoms with Crippen LogP contribution in [0.3, 0.4) is 0 Å². The minimum atomic E-state index is -4.70. The molecule has 23 heavy (non-hydrogen) atoms. The molecule has 0 aliphatic carbocycles. The first kappa shape index (κ1) is 17.6. The van der Waals surface area contributed by atoms with E-state index in [0.717, 1.165) is 48.5 Å². The lowest BCUT2D eigenvalue weighted by Gasteiger charge is -2.10. The minimum Gasteiger partial charge on any atom is -0.744 e. The van der Waals surface area contributed by atoms with Gasteiger partial charge in [-0.2, -0.15) is 0 Å². The van der Waals surface area contributed by atoms with Gasteiger partial charge in [-0.25, -0.2) is 25.3 Å². The van der Waals surface area contributed by atoms with Crippen molar-refractivity contribution in [3.05, 3.63) is 48.5 Å². The van der Waals surface area contributed by atoms with Gasteiger partial charge in [-0.05, 0) is 48.5 Å². The molecule has 0 heterocycles. The van der Waals surface area contributed by atoms with Crippen molar-refractivity contribution < 1.29 is 34.4 Å². The molecule has 0 radical (unpaired) electrons. The molecule has 124 valence electrons. The van der Waals surface area contributed by atoms with E-state index in [9.17, 15) is 34.4 Å². The van der Waals surface area contributed by atoms with Crippen molar-refractivity contribution in [1.82, 2.24) is 0 Å². The van der Waals surface area contributed by atoms with Crippen LogP contribution in [-0.4, -0.2) is 34.4 Å². The quantitative estimate of drug-likeness (QED) is 0.693. The van der Waals surface area contributed by atoms with Crippen molar-refractivity contribution in [2.24, 2.45) is 0 Å². The Morgan fingerprint density at radius 3 is 0.913 bits per heavy atom. The van der Waals surface area contributed by atoms with Crippen molar-refractivity contribution in [2.45, 2.75) is 19.6 Å². The topological polar surface area (TPSA) is 149 Å². The van der Waals surface area contributed by atoms with Gasteiger partial charge in [0.15, 0.2) is 0 Å². The van der Waals surface area contributed by atoms with E-state index in [1.807, 2.05) is 0 Å². The molecular weight excluding hydrogens is 368 g/mol. The zero-order valence-electron chi connectivity index (χ0n) is 11.1. The van der Waals surface area contributed by atoms with E-state index < -0.39 is 39.9 Å². The molecule has 0 aromatic heterocycles. The second-order valence-corrected chi connectivity index (χ2v) is 9.06. The monoisotopic (exact) mass is 376 g/mol. The van der Waals surface area contributed by atoms with Gasteiger partial charge in [0.05, 0.1) is 19.6 Å². The predicted molar refractivity (Wildman–Crippen MR) is 74.3 cm³/mol. The van der Waals surface area contributed by atoms with Crippen LogP contribution in [0.15, 0.2) is 68.1 Å². The van der Waals surface area contributed by atoms with E-state index >= 15 is 0 Å². The third-order valence-electron chi connectivity index (χ3n) is 2.85. The van der Waals surface area contributed by atoms with E-state index in [0.29, 0.717) is 0 Å². The maximum absolute atomic E-state index is 12.3. The van der Waals surface area contributed by atoms with Crippen molar-refractivity contribution in [3.8, 4) is 0 Å². The Bertz CT molecular complexity index is 951. The fraction of sp³-hybridized carbons (Fsp3) is 0. The molecule has 0 saturated heterocycles. The van der Waals surface area contributed by atoms with Gasteiger partial charge in [-0.1, -0.05) is 0 Å². The van der Waals surface area contributed by atoms with Crippen LogP contribution in [0.25, 0.3) is 0 Å². The summed E-state index contributed by atoms with van der Waals surface area (Å²) in [5.74, 6) is 0. The first-order valence-electron chi connectivity index (χ1n) is 5.79. The standard InChI is InChI=1S/C12H10O8S3/c13-21(14,9-1-5-11(6-2-9)22(15,16)17)10-3-7-12(8-4-10)23(18,19)20/h1-8H,(H,15,16,17)(H,18,19,20)/p-2. The highest BCUT2D eigenvalue weighted by Gasteiger charge is 2.18. The molecule has 0 atom stereocenters. The summed E-state index contributed by atoms with van der Waals surface area (Å²) in [4.78, 5) is -1.74. The lowest BCUT2D eigenvalue weighted by Crippen LogP contribution is -2.05. The molecule has 2 aromatic carbocycles. The zero-order chi connectivity index (χ0) is 17.5. The molecule has 0 spiro atoms. The second kappa shape index (κ2) is 5.69. The summed E-state index contributed by atoms with van der Waals surface area (Å²) in [6.45, 7) is 0. The van der Waals surface area contributed by atoms with Crippen LogP contribution in [0.5, 0.6) is 0 Å². The third kappa shape index (κ3) is 3.76. The van der Waals surface area contributed by atoms with Crippen LogP contribution >= 0.6 is 0 Å². The van der Waals surface area contributed by atoms with E-state index in [1.165, 1.54) is 0 Å². The molecule has 0 amide bonds. The highest BCUT2D eigenvalue weighted by Crippen LogP contribution is 2.23. The molecular formula is C12H8O8S3-2. The second-order valence-electron chi connectivity index (χ2n) is 4.35. The molecule has 0 N–H and O–H groups in total. The summed E-state index contributed by atoms with van der Waals surface area (Å²) in [6, 6.07) is 7.18. The molecule has 0 unspecified atom stereocenters. The van der Waals surface area contributed by atoms with Gasteiger partial charge in [-0.15, -0.1) is 0 Å². The normalized spacial score (nSPS) is 13.0. The van der Waals surface area contributed by atoms with Crippen molar-refractivity contribution in [3.63, 3.8) is 0 Å². The number of hydrogen-bond donors (Lipinski definition) is 0. The fourth-order valence-electron chi connectivity index (χ4n) is 1.71. The van der Waals surface area contributed by atoms with Crippen LogP contribution in [0.1, 0.15) is 0 Å². The smallest absolute Gasteiger partial charge is 0.206 e. The zero-order valence-corrected chi connectivity index (χ0v) is 13.6. The Kier molecular flexibility index (Phi) is 4.34. The van der Waals surface area contributed by atoms with E-state index in [-0.39, 0.29) is 9.79 Å². The van der Waals surface area contributed by atoms with Crippen molar-refractivity contribution in [1.29, 1.82) is 0 Å². The summed E-state index contributed by atoms with van der Waals surface area (Å²) < 4.78 is 89.4. The van der Waals surface area contributed by atoms with Gasteiger partial charge in [0.2, 0.25) is 9.84 Å². The van der Waals surface area contributed by atoms with Crippen LogP contribution < -0.4 is 0 Å². The molecule has 2 aromatic rings. The molecule has 2 rings (SSSR count). The van der Waals surface area contributed by atoms with E-state index in [1.54, 1.807) is 0 Å². The number of sulfone groups is 1. The molecule has 0 saturated carbocycles. The molecule has 0 bridgehead atoms. The Labute approximate surface area is 132 Å². The summed E-state index contributed by atoms with van der Waals surface area (Å²) in [7, 11) is -13.5. The largest absolute Gasteiger partial charge is 0.744 e. The highest BCUT2D eigenvalue weighted by atomic mass is 32.2. The minimum absolute atomic E-state index is 0.289. The maximum atomic E-state index is 12.3. The summed E-state index contributed by atoms with van der Waals surface area (Å²) >= 11 is 0. The number of hydrogen-bond acceptors (Lipinski definition) is 8. The summed E-state index contributed by atoms with van der Waals surface area (Å²) in [5.41, 5.74) is 0. The van der Waals surface area contributed by atoms with Gasteiger partial charge in [-0.3, -0.25) is 0 Å². The van der Waals surface area contributed by atoms with Crippen LogP contribution in [0.4, 0.5) is 0 Å². The average Bonchev–Trinajstić information content (AvgIpc) is 2.46. The Hall–Kier alpha value is -1.79. The molecule has 0 fully saturated rings. The molecule has 0 aliphatic rings. The Morgan fingerprint density at radius 2 is 0.696 bits per heavy atom. The maximum Gasteiger partial charge on any atom is 0.206 e. The van der Waals surface area contributed by atoms with Crippen molar-refractivity contribution in [2.75, 3.05) is 0 Å². The molecule has 8 nitrogen and oxygen atoms in total. The average molecular weight is 376 g/mol. The van der Waals surface area contributed by atoms with Crippen molar-refractivity contribution >= 4 is 30.1 Å². The van der Waals surface area contributed by atoms with Crippen LogP contribution in [-0.2, 0) is 30.1 Å². The van der Waals surface area contributed by atoms with Gasteiger partial charge in [0, 0.05) is 0 Å². The Balaban J connectivity index is 2.46. The number of benzene rings is 2. The molecule has 11 heteroatoms. The number of rotatable bonds is 4. The fourth-order valence-corrected chi connectivity index (χ4v) is 3.91. The van der Waals surface area contributed by atoms with E-state index in [4.69, 9.17) is 0 Å². The van der Waals surface area contributed by atoms with Gasteiger partial charge in [0.1, 0.15) is 20.2 Å². The van der Waals surface area contributed by atoms with Gasteiger partial charge < -0.3 is 9.11 Å². The van der Waals surface area contributed by atoms with E-state index in [2.05, 4.69) is 0 Å². The first-order valence-corrected chi connectivity index (χ1v) is 10.1. The summed E-state index contributed by atoms with van der Waals surface area (Å²) in [5, 5.41) is 0. The van der Waals surface area contributed by atoms with Crippen LogP contribution in [0, 0.1) is 0 Å². The Morgan fingerprint density at radius 1 is 0.478 bits per heavy atom.